The van der Waals surface area contributed by atoms with Crippen molar-refractivity contribution in [2.75, 3.05) is 40.5 Å². The van der Waals surface area contributed by atoms with Gasteiger partial charge in [0.05, 0.1) is 22.5 Å². The minimum Gasteiger partial charge on any atom is -0.385 e. The van der Waals surface area contributed by atoms with E-state index in [1.807, 2.05) is 11.7 Å². The lowest BCUT2D eigenvalue weighted by molar-refractivity contribution is 0.127. The smallest absolute Gasteiger partial charge is 0.0767 e. The number of hydrogen-bond acceptors (Lipinski definition) is 4. The highest BCUT2D eigenvalue weighted by molar-refractivity contribution is 9.10. The lowest BCUT2D eigenvalue weighted by Crippen LogP contribution is -2.29. The maximum absolute atomic E-state index is 5.20. The predicted molar refractivity (Wildman–Crippen MR) is 83.9 cm³/mol. The monoisotopic (exact) mass is 347 g/mol. The molecule has 1 heterocycles. The van der Waals surface area contributed by atoms with Crippen molar-refractivity contribution in [3.63, 3.8) is 0 Å². The van der Waals surface area contributed by atoms with Gasteiger partial charge in [-0.25, -0.2) is 0 Å². The molecular weight excluding hydrogens is 322 g/mol. The molecule has 0 atom stereocenters. The van der Waals surface area contributed by atoms with E-state index in [4.69, 9.17) is 9.47 Å². The van der Waals surface area contributed by atoms with Gasteiger partial charge in [-0.05, 0) is 28.8 Å². The third-order valence-electron chi connectivity index (χ3n) is 3.31. The van der Waals surface area contributed by atoms with Crippen molar-refractivity contribution in [2.45, 2.75) is 26.3 Å². The van der Waals surface area contributed by atoms with E-state index in [-0.39, 0.29) is 0 Å². The lowest BCUT2D eigenvalue weighted by Gasteiger charge is -2.22. The fourth-order valence-electron chi connectivity index (χ4n) is 2.13. The van der Waals surface area contributed by atoms with Gasteiger partial charge < -0.3 is 9.47 Å². The zero-order valence-corrected chi connectivity index (χ0v) is 14.6. The van der Waals surface area contributed by atoms with E-state index in [0.29, 0.717) is 0 Å². The van der Waals surface area contributed by atoms with Gasteiger partial charge in [0.1, 0.15) is 0 Å². The van der Waals surface area contributed by atoms with Crippen molar-refractivity contribution < 1.29 is 9.47 Å². The summed E-state index contributed by atoms with van der Waals surface area (Å²) in [5.74, 6) is 0. The first kappa shape index (κ1) is 17.6. The first-order chi connectivity index (χ1) is 9.63. The molecule has 0 aromatic carbocycles. The topological polar surface area (TPSA) is 39.5 Å². The third-order valence-corrected chi connectivity index (χ3v) is 4.23. The lowest BCUT2D eigenvalue weighted by atomic mass is 10.3. The highest BCUT2D eigenvalue weighted by Gasteiger charge is 2.15. The second-order valence-electron chi connectivity index (χ2n) is 4.80. The summed E-state index contributed by atoms with van der Waals surface area (Å²) in [5.41, 5.74) is 2.33. The second-order valence-corrected chi connectivity index (χ2v) is 5.59. The maximum atomic E-state index is 5.20. The Hall–Kier alpha value is -0.430. The van der Waals surface area contributed by atoms with Crippen LogP contribution < -0.4 is 0 Å². The second kappa shape index (κ2) is 9.50. The summed E-state index contributed by atoms with van der Waals surface area (Å²) >= 11 is 3.67. The Bertz CT molecular complexity index is 396. The summed E-state index contributed by atoms with van der Waals surface area (Å²) in [6.07, 6.45) is 1.96. The van der Waals surface area contributed by atoms with Gasteiger partial charge in [-0.15, -0.1) is 0 Å². The fraction of sp³-hybridized carbons (Fsp3) is 0.786. The first-order valence-corrected chi connectivity index (χ1v) is 7.83. The molecule has 6 heteroatoms. The number of aromatic nitrogens is 2. The van der Waals surface area contributed by atoms with Crippen molar-refractivity contribution in [2.24, 2.45) is 7.05 Å². The molecule has 0 aliphatic heterocycles. The molecule has 20 heavy (non-hydrogen) atoms. The molecule has 116 valence electrons. The number of methoxy groups -OCH3 is 2. The number of aryl methyl sites for hydroxylation is 2. The van der Waals surface area contributed by atoms with E-state index >= 15 is 0 Å². The maximum Gasteiger partial charge on any atom is 0.0767 e. The van der Waals surface area contributed by atoms with Crippen molar-refractivity contribution in [1.82, 2.24) is 14.7 Å². The molecule has 1 rings (SSSR count). The van der Waals surface area contributed by atoms with Crippen LogP contribution in [-0.4, -0.2) is 55.2 Å². The quantitative estimate of drug-likeness (QED) is 0.608. The Kier molecular flexibility index (Phi) is 8.37. The normalized spacial score (nSPS) is 11.5. The molecular formula is C14H26BrN3O2. The Labute approximate surface area is 130 Å². The first-order valence-electron chi connectivity index (χ1n) is 7.04. The van der Waals surface area contributed by atoms with Crippen LogP contribution in [-0.2, 0) is 29.5 Å². The van der Waals surface area contributed by atoms with E-state index in [9.17, 15) is 0 Å². The van der Waals surface area contributed by atoms with Crippen LogP contribution in [0.3, 0.4) is 0 Å². The molecule has 5 nitrogen and oxygen atoms in total. The molecule has 0 aliphatic rings. The number of hydrogen-bond donors (Lipinski definition) is 0. The number of rotatable bonds is 10. The zero-order chi connectivity index (χ0) is 15.0. The highest BCUT2D eigenvalue weighted by atomic mass is 79.9. The largest absolute Gasteiger partial charge is 0.385 e. The van der Waals surface area contributed by atoms with Crippen molar-refractivity contribution in [3.8, 4) is 0 Å². The number of halogens is 1. The van der Waals surface area contributed by atoms with Gasteiger partial charge >= 0.3 is 0 Å². The van der Waals surface area contributed by atoms with Crippen LogP contribution in [0.25, 0.3) is 0 Å². The Balaban J connectivity index is 2.69. The van der Waals surface area contributed by atoms with Crippen molar-refractivity contribution in [3.05, 3.63) is 15.9 Å². The third kappa shape index (κ3) is 5.16. The Morgan fingerprint density at radius 1 is 1.20 bits per heavy atom. The van der Waals surface area contributed by atoms with Gasteiger partial charge in [-0.2, -0.15) is 5.10 Å². The summed E-state index contributed by atoms with van der Waals surface area (Å²) in [7, 11) is 5.48. The molecule has 0 saturated carbocycles. The van der Waals surface area contributed by atoms with Gasteiger partial charge in [-0.1, -0.05) is 6.92 Å². The highest BCUT2D eigenvalue weighted by Crippen LogP contribution is 2.22. The van der Waals surface area contributed by atoms with Crippen molar-refractivity contribution in [1.29, 1.82) is 0 Å². The summed E-state index contributed by atoms with van der Waals surface area (Å²) in [5, 5.41) is 4.55. The van der Waals surface area contributed by atoms with Crippen LogP contribution >= 0.6 is 15.9 Å². The molecule has 0 bridgehead atoms. The molecule has 0 saturated heterocycles. The summed E-state index contributed by atoms with van der Waals surface area (Å²) in [6.45, 7) is 6.43. The molecule has 0 fully saturated rings. The Morgan fingerprint density at radius 3 is 2.45 bits per heavy atom. The van der Waals surface area contributed by atoms with Crippen LogP contribution in [0, 0.1) is 0 Å². The molecule has 0 amide bonds. The molecule has 1 aromatic heterocycles. The average Bonchev–Trinajstić information content (AvgIpc) is 2.71. The average molecular weight is 348 g/mol. The molecule has 1 aromatic rings. The van der Waals surface area contributed by atoms with Crippen LogP contribution in [0.15, 0.2) is 4.47 Å². The number of ether oxygens (including phenoxy) is 2. The molecule has 0 spiro atoms. The van der Waals surface area contributed by atoms with Crippen LogP contribution in [0.1, 0.15) is 24.7 Å². The zero-order valence-electron chi connectivity index (χ0n) is 13.0. The van der Waals surface area contributed by atoms with E-state index in [1.165, 1.54) is 5.69 Å². The molecule has 0 unspecified atom stereocenters. The minimum atomic E-state index is 0.739. The van der Waals surface area contributed by atoms with E-state index in [1.54, 1.807) is 14.2 Å². The Morgan fingerprint density at radius 2 is 1.90 bits per heavy atom. The van der Waals surface area contributed by atoms with Gasteiger partial charge in [0.15, 0.2) is 0 Å². The van der Waals surface area contributed by atoms with Crippen LogP contribution in [0.2, 0.25) is 0 Å². The molecule has 0 aliphatic carbocycles. The van der Waals surface area contributed by atoms with E-state index in [0.717, 1.165) is 55.9 Å². The van der Waals surface area contributed by atoms with E-state index in [2.05, 4.69) is 32.9 Å². The van der Waals surface area contributed by atoms with Gasteiger partial charge in [0.25, 0.3) is 0 Å². The summed E-state index contributed by atoms with van der Waals surface area (Å²) in [4.78, 5) is 2.38. The number of nitrogens with zero attached hydrogens (tertiary/aromatic N) is 3. The fourth-order valence-corrected chi connectivity index (χ4v) is 2.87. The summed E-state index contributed by atoms with van der Waals surface area (Å²) in [6, 6.07) is 0. The standard InChI is InChI=1S/C14H26BrN3O2/c1-5-12-14(15)13(17(2)16-12)11-18(8-10-20-4)7-6-9-19-3/h5-11H2,1-4H3. The van der Waals surface area contributed by atoms with Gasteiger partial charge in [0, 0.05) is 47.5 Å². The minimum absolute atomic E-state index is 0.739. The van der Waals surface area contributed by atoms with E-state index < -0.39 is 0 Å². The predicted octanol–water partition coefficient (Wildman–Crippen LogP) is 2.23. The van der Waals surface area contributed by atoms with Crippen LogP contribution in [0.4, 0.5) is 0 Å². The summed E-state index contributed by atoms with van der Waals surface area (Å²) < 4.78 is 13.4. The van der Waals surface area contributed by atoms with Gasteiger partial charge in [-0.3, -0.25) is 9.58 Å². The van der Waals surface area contributed by atoms with Gasteiger partial charge in [0.2, 0.25) is 0 Å². The van der Waals surface area contributed by atoms with Crippen LogP contribution in [0.5, 0.6) is 0 Å². The SMILES string of the molecule is CCc1nn(C)c(CN(CCCOC)CCOC)c1Br. The molecule has 0 radical (unpaired) electrons. The molecule has 0 N–H and O–H groups in total. The van der Waals surface area contributed by atoms with Crippen molar-refractivity contribution >= 4 is 15.9 Å².